The lowest BCUT2D eigenvalue weighted by Gasteiger charge is -2.50. The standard InChI is InChI=1S/C51H58O4/c1-43(2,3)33-25-31(26-34(37(33)52)44(4,5)6)48-41-47(13,14)42-49(48,32-27-35(45(7,8)9)38(53)36(28-32)46(10,11)12)51(42,40(55)30-23-19-16-20-24-30)50(41,48)39(54)29-21-17-15-18-22-29/h15-28,41-42H,1-14H3/t41-,42+,48?,49?,50?,51?. The number of benzene rings is 4. The molecule has 5 fully saturated rings. The molecule has 0 heterocycles. The minimum absolute atomic E-state index is 0.0134. The van der Waals surface area contributed by atoms with Gasteiger partial charge in [-0.3, -0.25) is 19.8 Å². The van der Waals surface area contributed by atoms with Gasteiger partial charge in [-0.05, 0) is 50.0 Å². The summed E-state index contributed by atoms with van der Waals surface area (Å²) in [5.41, 5.74) is 0.103. The molecule has 2 radical (unpaired) electrons. The van der Waals surface area contributed by atoms with E-state index in [0.29, 0.717) is 11.1 Å². The van der Waals surface area contributed by atoms with Crippen molar-refractivity contribution < 1.29 is 19.8 Å². The molecule has 0 aliphatic heterocycles. The molecule has 5 saturated carbocycles. The van der Waals surface area contributed by atoms with E-state index in [4.69, 9.17) is 0 Å². The van der Waals surface area contributed by atoms with Gasteiger partial charge in [0.15, 0.2) is 23.1 Å². The quantitative estimate of drug-likeness (QED) is 0.185. The van der Waals surface area contributed by atoms with E-state index in [1.165, 1.54) is 0 Å². The van der Waals surface area contributed by atoms with Crippen LogP contribution in [0.5, 0.6) is 11.5 Å². The maximum Gasteiger partial charge on any atom is 0.186 e. The molecule has 4 unspecified atom stereocenters. The lowest BCUT2D eigenvalue weighted by molar-refractivity contribution is 0.0422. The monoisotopic (exact) mass is 734 g/mol. The van der Waals surface area contributed by atoms with Gasteiger partial charge in [-0.1, -0.05) is 182 Å². The van der Waals surface area contributed by atoms with Gasteiger partial charge in [-0.2, -0.15) is 0 Å². The first kappa shape index (κ1) is 37.7. The SMILES string of the molecule is CC(C)(C)c1cc(C23[C@@H]4C(C)(C)[C@H]5C(C(=O)c6ccccc6)(C42C(=O)c2ccccc2)C53c2cc(C(C)(C)C)c([O])c(C(C)(C)C)c2)cc(C(C)(C)C)c1[O]. The molecule has 55 heavy (non-hydrogen) atoms. The molecular weight excluding hydrogens is 677 g/mol. The molecule has 0 spiro atoms. The lowest BCUT2D eigenvalue weighted by Crippen LogP contribution is -2.58. The van der Waals surface area contributed by atoms with Crippen LogP contribution in [0.1, 0.15) is 151 Å². The second-order valence-electron chi connectivity index (χ2n) is 22.1. The Bertz CT molecular complexity index is 2070. The molecule has 286 valence electrons. The number of carbonyl (C=O) groups is 2. The van der Waals surface area contributed by atoms with Crippen molar-refractivity contribution in [3.05, 3.63) is 129 Å². The fourth-order valence-corrected chi connectivity index (χ4v) is 13.2. The van der Waals surface area contributed by atoms with Gasteiger partial charge in [-0.25, -0.2) is 0 Å². The summed E-state index contributed by atoms with van der Waals surface area (Å²) in [5.74, 6) is -0.245. The second kappa shape index (κ2) is 10.6. The average molecular weight is 735 g/mol. The maximum atomic E-state index is 15.9. The minimum Gasteiger partial charge on any atom is -0.293 e. The summed E-state index contributed by atoms with van der Waals surface area (Å²) in [4.78, 5) is 31.8. The van der Waals surface area contributed by atoms with Crippen LogP contribution in [0.25, 0.3) is 0 Å². The molecule has 0 N–H and O–H groups in total. The van der Waals surface area contributed by atoms with E-state index >= 15 is 9.59 Å². The topological polar surface area (TPSA) is 73.9 Å². The van der Waals surface area contributed by atoms with Crippen LogP contribution >= 0.6 is 0 Å². The Morgan fingerprint density at radius 3 is 0.945 bits per heavy atom. The van der Waals surface area contributed by atoms with Crippen LogP contribution in [-0.4, -0.2) is 11.6 Å². The third-order valence-electron chi connectivity index (χ3n) is 14.7. The normalized spacial score (nSPS) is 30.0. The van der Waals surface area contributed by atoms with Crippen LogP contribution in [0.4, 0.5) is 0 Å². The predicted octanol–water partition coefficient (Wildman–Crippen LogP) is 12.4. The summed E-state index contributed by atoms with van der Waals surface area (Å²) in [6.07, 6.45) is 0. The van der Waals surface area contributed by atoms with E-state index in [1.807, 2.05) is 60.7 Å². The third kappa shape index (κ3) is 4.05. The maximum absolute atomic E-state index is 15.9. The zero-order valence-corrected chi connectivity index (χ0v) is 35.4. The zero-order valence-electron chi connectivity index (χ0n) is 35.4. The smallest absolute Gasteiger partial charge is 0.186 e. The summed E-state index contributed by atoms with van der Waals surface area (Å²) in [6.45, 7) is 29.6. The van der Waals surface area contributed by atoms with Crippen LogP contribution in [0.2, 0.25) is 0 Å². The van der Waals surface area contributed by atoms with E-state index in [2.05, 4.69) is 121 Å². The molecule has 5 aliphatic carbocycles. The third-order valence-corrected chi connectivity index (χ3v) is 14.7. The number of carbonyl (C=O) groups excluding carboxylic acids is 2. The summed E-state index contributed by atoms with van der Waals surface area (Å²) < 4.78 is 0. The summed E-state index contributed by atoms with van der Waals surface area (Å²) in [6, 6.07) is 27.6. The molecule has 5 aliphatic rings. The molecule has 9 rings (SSSR count). The Kier molecular flexibility index (Phi) is 7.27. The van der Waals surface area contributed by atoms with Gasteiger partial charge in [0, 0.05) is 44.2 Å². The Labute approximate surface area is 328 Å². The Balaban J connectivity index is 1.58. The Morgan fingerprint density at radius 1 is 0.455 bits per heavy atom. The highest BCUT2D eigenvalue weighted by molar-refractivity contribution is 6.22. The molecule has 0 aromatic heterocycles. The lowest BCUT2D eigenvalue weighted by atomic mass is 9.48. The van der Waals surface area contributed by atoms with Crippen molar-refractivity contribution in [2.75, 3.05) is 0 Å². The number of hydrogen-bond donors (Lipinski definition) is 0. The van der Waals surface area contributed by atoms with Gasteiger partial charge >= 0.3 is 0 Å². The molecule has 4 aromatic carbocycles. The number of ketones is 2. The van der Waals surface area contributed by atoms with Crippen LogP contribution < -0.4 is 0 Å². The minimum atomic E-state index is -1.06. The van der Waals surface area contributed by atoms with Gasteiger partial charge in [0.2, 0.25) is 0 Å². The van der Waals surface area contributed by atoms with E-state index in [9.17, 15) is 10.2 Å². The molecule has 6 atom stereocenters. The highest BCUT2D eigenvalue weighted by Crippen LogP contribution is 3.18. The van der Waals surface area contributed by atoms with E-state index in [0.717, 1.165) is 33.4 Å². The van der Waals surface area contributed by atoms with Crippen LogP contribution in [-0.2, 0) is 42.7 Å². The van der Waals surface area contributed by atoms with Crippen molar-refractivity contribution >= 4 is 11.6 Å². The van der Waals surface area contributed by atoms with E-state index < -0.39 is 48.7 Å². The van der Waals surface area contributed by atoms with Crippen LogP contribution in [0, 0.1) is 28.1 Å². The Morgan fingerprint density at radius 2 is 0.709 bits per heavy atom. The second-order valence-corrected chi connectivity index (χ2v) is 22.1. The van der Waals surface area contributed by atoms with Gasteiger partial charge in [0.1, 0.15) is 0 Å². The molecule has 2 bridgehead atoms. The first-order chi connectivity index (χ1) is 25.2. The fourth-order valence-electron chi connectivity index (χ4n) is 13.2. The van der Waals surface area contributed by atoms with Crippen LogP contribution in [0.3, 0.4) is 0 Å². The molecule has 0 saturated heterocycles. The summed E-state index contributed by atoms with van der Waals surface area (Å²) in [7, 11) is 0. The molecule has 4 nitrogen and oxygen atoms in total. The highest BCUT2D eigenvalue weighted by atomic mass is 16.3. The van der Waals surface area contributed by atoms with Gasteiger partial charge in [-0.15, -0.1) is 0 Å². The first-order valence-electron chi connectivity index (χ1n) is 20.2. The summed E-state index contributed by atoms with van der Waals surface area (Å²) in [5, 5.41) is 29.0. The fraction of sp³-hybridized carbons (Fsp3) is 0.490. The highest BCUT2D eigenvalue weighted by Gasteiger charge is 3.24. The van der Waals surface area contributed by atoms with Gasteiger partial charge in [0.25, 0.3) is 0 Å². The van der Waals surface area contributed by atoms with E-state index in [-0.39, 0.29) is 34.9 Å². The molecule has 0 amide bonds. The molecule has 4 heteroatoms. The van der Waals surface area contributed by atoms with E-state index in [1.54, 1.807) is 0 Å². The molecular formula is C51H58O4. The van der Waals surface area contributed by atoms with Crippen LogP contribution in [0.15, 0.2) is 84.9 Å². The van der Waals surface area contributed by atoms with Gasteiger partial charge in [0.05, 0.1) is 10.8 Å². The van der Waals surface area contributed by atoms with Gasteiger partial charge < -0.3 is 0 Å². The van der Waals surface area contributed by atoms with Crippen molar-refractivity contribution in [1.82, 2.24) is 0 Å². The zero-order chi connectivity index (χ0) is 40.5. The van der Waals surface area contributed by atoms with Crippen molar-refractivity contribution in [3.63, 3.8) is 0 Å². The number of hydrogen-bond acceptors (Lipinski definition) is 2. The van der Waals surface area contributed by atoms with Crippen molar-refractivity contribution in [2.24, 2.45) is 28.1 Å². The number of Topliss-reactive ketones (excluding diaryl/α,β-unsaturated/α-hetero) is 2. The Hall–Kier alpha value is -4.18. The van der Waals surface area contributed by atoms with Crippen molar-refractivity contribution in [3.8, 4) is 11.5 Å². The summed E-state index contributed by atoms with van der Waals surface area (Å²) >= 11 is 0. The number of rotatable bonds is 6. The largest absolute Gasteiger partial charge is 0.293 e. The first-order valence-corrected chi connectivity index (χ1v) is 20.2. The predicted molar refractivity (Wildman–Crippen MR) is 218 cm³/mol. The van der Waals surface area contributed by atoms with Crippen molar-refractivity contribution in [2.45, 2.75) is 129 Å². The van der Waals surface area contributed by atoms with Crippen molar-refractivity contribution in [1.29, 1.82) is 0 Å². The average Bonchev–Trinajstić information content (AvgIpc) is 3.85. The molecule has 4 aromatic rings.